The number of aromatic nitrogens is 5. The topological polar surface area (TPSA) is 96.8 Å². The maximum Gasteiger partial charge on any atom is 0.255 e. The van der Waals surface area contributed by atoms with E-state index < -0.39 is 0 Å². The zero-order chi connectivity index (χ0) is 18.6. The highest BCUT2D eigenvalue weighted by Gasteiger charge is 2.27. The van der Waals surface area contributed by atoms with Gasteiger partial charge in [0, 0.05) is 43.2 Å². The molecule has 0 radical (unpaired) electrons. The molecular weight excluding hydrogens is 362 g/mol. The fourth-order valence-electron chi connectivity index (χ4n) is 3.22. The molecule has 1 aliphatic heterocycles. The van der Waals surface area contributed by atoms with Crippen LogP contribution < -0.4 is 5.32 Å². The van der Waals surface area contributed by atoms with Crippen molar-refractivity contribution in [1.29, 1.82) is 0 Å². The average Bonchev–Trinajstić information content (AvgIpc) is 3.21. The molecule has 4 rings (SSSR count). The van der Waals surface area contributed by atoms with E-state index in [0.717, 1.165) is 30.9 Å². The lowest BCUT2D eigenvalue weighted by molar-refractivity contribution is 0.0704. The van der Waals surface area contributed by atoms with E-state index in [1.54, 1.807) is 30.0 Å². The molecular formula is C18H19N7OS. The number of rotatable bonds is 4. The Morgan fingerprint density at radius 1 is 1.37 bits per heavy atom. The molecule has 9 heteroatoms. The number of nitrogens with one attached hydrogen (secondary N) is 1. The molecule has 138 valence electrons. The number of aryl methyl sites for hydroxylation is 1. The first-order valence-corrected chi connectivity index (χ1v) is 9.65. The molecule has 1 N–H and O–H groups in total. The van der Waals surface area contributed by atoms with Gasteiger partial charge < -0.3 is 10.2 Å². The lowest BCUT2D eigenvalue weighted by Crippen LogP contribution is -2.39. The van der Waals surface area contributed by atoms with E-state index in [0.29, 0.717) is 23.1 Å². The van der Waals surface area contributed by atoms with E-state index in [2.05, 4.69) is 30.5 Å². The summed E-state index contributed by atoms with van der Waals surface area (Å²) in [6.45, 7) is 3.29. The number of pyridine rings is 1. The van der Waals surface area contributed by atoms with Crippen LogP contribution in [-0.4, -0.2) is 49.0 Å². The van der Waals surface area contributed by atoms with Gasteiger partial charge in [-0.1, -0.05) is 11.3 Å². The first kappa shape index (κ1) is 17.5. The Morgan fingerprint density at radius 3 is 3.07 bits per heavy atom. The van der Waals surface area contributed by atoms with Crippen LogP contribution in [0.4, 0.5) is 10.9 Å². The van der Waals surface area contributed by atoms with Gasteiger partial charge in [-0.25, -0.2) is 9.97 Å². The van der Waals surface area contributed by atoms with E-state index in [1.807, 2.05) is 17.9 Å². The van der Waals surface area contributed by atoms with E-state index >= 15 is 0 Å². The summed E-state index contributed by atoms with van der Waals surface area (Å²) in [4.78, 5) is 27.9. The molecule has 1 saturated heterocycles. The van der Waals surface area contributed by atoms with Crippen LogP contribution in [0.1, 0.15) is 40.6 Å². The van der Waals surface area contributed by atoms with Crippen molar-refractivity contribution >= 4 is 28.2 Å². The van der Waals surface area contributed by atoms with Crippen molar-refractivity contribution in [2.75, 3.05) is 18.4 Å². The molecule has 3 aromatic rings. The van der Waals surface area contributed by atoms with Crippen molar-refractivity contribution in [2.45, 2.75) is 25.7 Å². The summed E-state index contributed by atoms with van der Waals surface area (Å²) in [5, 5.41) is 11.7. The smallest absolute Gasteiger partial charge is 0.255 e. The Bertz CT molecular complexity index is 917. The van der Waals surface area contributed by atoms with Crippen LogP contribution in [0.5, 0.6) is 0 Å². The molecule has 4 heterocycles. The fraction of sp³-hybridized carbons (Fsp3) is 0.333. The summed E-state index contributed by atoms with van der Waals surface area (Å²) < 4.78 is 0. The molecule has 1 amide bonds. The molecule has 27 heavy (non-hydrogen) atoms. The lowest BCUT2D eigenvalue weighted by Gasteiger charge is -2.32. The molecule has 1 atom stereocenters. The average molecular weight is 381 g/mol. The monoisotopic (exact) mass is 381 g/mol. The Labute approximate surface area is 160 Å². The Balaban J connectivity index is 1.52. The summed E-state index contributed by atoms with van der Waals surface area (Å²) in [7, 11) is 0. The van der Waals surface area contributed by atoms with Crippen LogP contribution in [-0.2, 0) is 0 Å². The van der Waals surface area contributed by atoms with E-state index in [4.69, 9.17) is 0 Å². The fourth-order valence-corrected chi connectivity index (χ4v) is 3.67. The summed E-state index contributed by atoms with van der Waals surface area (Å²) in [5.74, 6) is 1.57. The van der Waals surface area contributed by atoms with Gasteiger partial charge in [0.2, 0.25) is 5.13 Å². The minimum Gasteiger partial charge on any atom is -0.338 e. The maximum absolute atomic E-state index is 12.7. The second kappa shape index (κ2) is 7.75. The number of likely N-dealkylation sites (tertiary alicyclic amines) is 1. The van der Waals surface area contributed by atoms with Crippen molar-refractivity contribution in [3.05, 3.63) is 53.2 Å². The molecule has 0 spiro atoms. The highest BCUT2D eigenvalue weighted by Crippen LogP contribution is 2.27. The second-order valence-corrected chi connectivity index (χ2v) is 7.29. The van der Waals surface area contributed by atoms with Gasteiger partial charge in [-0.15, -0.1) is 10.2 Å². The highest BCUT2D eigenvalue weighted by molar-refractivity contribution is 7.13. The molecule has 0 aliphatic carbocycles. The Morgan fingerprint density at radius 2 is 2.30 bits per heavy atom. The molecule has 1 aliphatic rings. The third-order valence-electron chi connectivity index (χ3n) is 4.45. The van der Waals surface area contributed by atoms with Crippen LogP contribution in [0.3, 0.4) is 0 Å². The zero-order valence-electron chi connectivity index (χ0n) is 14.9. The largest absolute Gasteiger partial charge is 0.338 e. The van der Waals surface area contributed by atoms with Crippen LogP contribution in [0.2, 0.25) is 0 Å². The number of anilines is 2. The maximum atomic E-state index is 12.7. The van der Waals surface area contributed by atoms with Crippen molar-refractivity contribution < 1.29 is 4.79 Å². The van der Waals surface area contributed by atoms with Crippen molar-refractivity contribution in [3.8, 4) is 0 Å². The SMILES string of the molecule is Cc1cc(Nc2nncs2)nc([C@@H]2CCCN(C(=O)c3cccnc3)C2)n1. The van der Waals surface area contributed by atoms with Gasteiger partial charge in [0.15, 0.2) is 0 Å². The number of hydrogen-bond donors (Lipinski definition) is 1. The van der Waals surface area contributed by atoms with Gasteiger partial charge in [-0.05, 0) is 31.9 Å². The Hall–Kier alpha value is -2.94. The van der Waals surface area contributed by atoms with E-state index in [9.17, 15) is 4.79 Å². The summed E-state index contributed by atoms with van der Waals surface area (Å²) >= 11 is 1.41. The van der Waals surface area contributed by atoms with Gasteiger partial charge in [-0.2, -0.15) is 0 Å². The van der Waals surface area contributed by atoms with E-state index in [-0.39, 0.29) is 11.8 Å². The number of carbonyl (C=O) groups is 1. The number of piperidine rings is 1. The normalized spacial score (nSPS) is 16.9. The first-order chi connectivity index (χ1) is 13.2. The number of amides is 1. The number of carbonyl (C=O) groups excluding carboxylic acids is 1. The van der Waals surface area contributed by atoms with Crippen molar-refractivity contribution in [3.63, 3.8) is 0 Å². The van der Waals surface area contributed by atoms with Crippen molar-refractivity contribution in [2.24, 2.45) is 0 Å². The predicted molar refractivity (Wildman–Crippen MR) is 102 cm³/mol. The minimum atomic E-state index is 0.00709. The zero-order valence-corrected chi connectivity index (χ0v) is 15.7. The highest BCUT2D eigenvalue weighted by atomic mass is 32.1. The summed E-state index contributed by atoms with van der Waals surface area (Å²) in [6, 6.07) is 5.46. The molecule has 3 aromatic heterocycles. The van der Waals surface area contributed by atoms with Gasteiger partial charge in [0.25, 0.3) is 5.91 Å². The third kappa shape index (κ3) is 4.08. The lowest BCUT2D eigenvalue weighted by atomic mass is 9.96. The quantitative estimate of drug-likeness (QED) is 0.742. The minimum absolute atomic E-state index is 0.00709. The van der Waals surface area contributed by atoms with Crippen LogP contribution in [0.25, 0.3) is 0 Å². The molecule has 0 bridgehead atoms. The van der Waals surface area contributed by atoms with Gasteiger partial charge >= 0.3 is 0 Å². The van der Waals surface area contributed by atoms with Gasteiger partial charge in [0.1, 0.15) is 17.2 Å². The molecule has 0 unspecified atom stereocenters. The summed E-state index contributed by atoms with van der Waals surface area (Å²) in [5.41, 5.74) is 3.16. The Kier molecular flexibility index (Phi) is 5.01. The second-order valence-electron chi connectivity index (χ2n) is 6.45. The molecule has 1 fully saturated rings. The van der Waals surface area contributed by atoms with Gasteiger partial charge in [-0.3, -0.25) is 9.78 Å². The standard InChI is InChI=1S/C18H19N7OS/c1-12-8-15(23-18-24-20-11-27-18)22-16(21-12)14-5-3-7-25(10-14)17(26)13-4-2-6-19-9-13/h2,4,6,8-9,11,14H,3,5,7,10H2,1H3,(H,21,22,23,24)/t14-/m1/s1. The number of nitrogens with zero attached hydrogens (tertiary/aromatic N) is 6. The first-order valence-electron chi connectivity index (χ1n) is 8.77. The predicted octanol–water partition coefficient (Wildman–Crippen LogP) is 2.79. The van der Waals surface area contributed by atoms with Crippen LogP contribution in [0.15, 0.2) is 36.1 Å². The van der Waals surface area contributed by atoms with E-state index in [1.165, 1.54) is 11.3 Å². The summed E-state index contributed by atoms with van der Waals surface area (Å²) in [6.07, 6.45) is 5.16. The molecule has 0 saturated carbocycles. The molecule has 8 nitrogen and oxygen atoms in total. The van der Waals surface area contributed by atoms with Gasteiger partial charge in [0.05, 0.1) is 5.56 Å². The van der Waals surface area contributed by atoms with Crippen molar-refractivity contribution in [1.82, 2.24) is 30.0 Å². The number of hydrogen-bond acceptors (Lipinski definition) is 8. The molecule has 0 aromatic carbocycles. The van der Waals surface area contributed by atoms with Crippen LogP contribution >= 0.6 is 11.3 Å². The third-order valence-corrected chi connectivity index (χ3v) is 5.06. The van der Waals surface area contributed by atoms with Crippen LogP contribution in [0, 0.1) is 6.92 Å².